The highest BCUT2D eigenvalue weighted by atomic mass is 127. The molecule has 0 bridgehead atoms. The summed E-state index contributed by atoms with van der Waals surface area (Å²) in [7, 11) is 0. The molecule has 0 amide bonds. The van der Waals surface area contributed by atoms with Crippen LogP contribution in [0.3, 0.4) is 0 Å². The Morgan fingerprint density at radius 3 is 2.33 bits per heavy atom. The first-order valence-electron chi connectivity index (χ1n) is 3.54. The van der Waals surface area contributed by atoms with E-state index in [1.807, 2.05) is 22.9 Å². The normalized spacial score (nSPS) is 12.8. The molecule has 3 nitrogen and oxygen atoms in total. The van der Waals surface area contributed by atoms with Gasteiger partial charge in [-0.05, 0) is 17.7 Å². The molecule has 0 saturated heterocycles. The van der Waals surface area contributed by atoms with Gasteiger partial charge in [0.1, 0.15) is 5.75 Å². The van der Waals surface area contributed by atoms with E-state index in [0.717, 1.165) is 5.56 Å². The molecular weight excluding hydrogens is 269 g/mol. The van der Waals surface area contributed by atoms with E-state index in [1.54, 1.807) is 24.3 Å². The molecule has 1 aromatic carbocycles. The van der Waals surface area contributed by atoms with Gasteiger partial charge in [-0.1, -0.05) is 12.1 Å². The molecule has 0 aromatic heterocycles. The molecule has 0 fully saturated rings. The molecule has 1 atom stereocenters. The predicted octanol–water partition coefficient (Wildman–Crippen LogP) is 1.37. The minimum Gasteiger partial charge on any atom is -0.508 e. The summed E-state index contributed by atoms with van der Waals surface area (Å²) in [6, 6.07) is 6.70. The van der Waals surface area contributed by atoms with E-state index in [1.165, 1.54) is 0 Å². The zero-order chi connectivity index (χ0) is 8.97. The molecule has 1 unspecified atom stereocenters. The van der Waals surface area contributed by atoms with Crippen molar-refractivity contribution < 1.29 is 10.2 Å². The van der Waals surface area contributed by atoms with Crippen molar-refractivity contribution in [3.63, 3.8) is 0 Å². The minimum atomic E-state index is -0.0637. The zero-order valence-corrected chi connectivity index (χ0v) is 8.52. The summed E-state index contributed by atoms with van der Waals surface area (Å²) in [4.78, 5) is 0. The Kier molecular flexibility index (Phi) is 3.77. The number of benzene rings is 1. The van der Waals surface area contributed by atoms with Gasteiger partial charge in [0, 0.05) is 22.9 Å². The van der Waals surface area contributed by atoms with Gasteiger partial charge in [0.15, 0.2) is 0 Å². The minimum absolute atomic E-state index is 0.0493. The number of rotatable bonds is 3. The number of halogens is 1. The van der Waals surface area contributed by atoms with Crippen molar-refractivity contribution in [3.8, 4) is 5.75 Å². The molecule has 0 aliphatic heterocycles. The Balaban J connectivity index is 2.80. The number of hydrogen-bond donors (Lipinski definition) is 3. The van der Waals surface area contributed by atoms with Crippen LogP contribution in [0.2, 0.25) is 0 Å². The van der Waals surface area contributed by atoms with Crippen LogP contribution in [-0.4, -0.2) is 16.8 Å². The molecule has 0 aliphatic rings. The molecule has 12 heavy (non-hydrogen) atoms. The maximum absolute atomic E-state index is 9.00. The molecule has 3 N–H and O–H groups in total. The van der Waals surface area contributed by atoms with Crippen LogP contribution in [0.4, 0.5) is 0 Å². The van der Waals surface area contributed by atoms with Gasteiger partial charge in [0.2, 0.25) is 0 Å². The summed E-state index contributed by atoms with van der Waals surface area (Å²) in [5.74, 6) is 0.240. The van der Waals surface area contributed by atoms with Gasteiger partial charge >= 0.3 is 0 Å². The second-order valence-corrected chi connectivity index (χ2v) is 3.06. The summed E-state index contributed by atoms with van der Waals surface area (Å²) in [6.45, 7) is 0.0493. The van der Waals surface area contributed by atoms with Crippen LogP contribution < -0.4 is 3.53 Å². The molecule has 1 aromatic rings. The summed E-state index contributed by atoms with van der Waals surface area (Å²) < 4.78 is 2.93. The van der Waals surface area contributed by atoms with Crippen LogP contribution in [-0.2, 0) is 0 Å². The Bertz CT molecular complexity index is 233. The molecule has 0 spiro atoms. The third-order valence-electron chi connectivity index (χ3n) is 1.61. The van der Waals surface area contributed by atoms with E-state index >= 15 is 0 Å². The average molecular weight is 279 g/mol. The van der Waals surface area contributed by atoms with Gasteiger partial charge in [-0.2, -0.15) is 0 Å². The van der Waals surface area contributed by atoms with Crippen molar-refractivity contribution in [1.29, 1.82) is 0 Å². The molecule has 0 saturated carbocycles. The molecule has 0 heterocycles. The SMILES string of the molecule is OCC(NI)c1ccc(O)cc1. The average Bonchev–Trinajstić information content (AvgIpc) is 2.10. The van der Waals surface area contributed by atoms with Crippen LogP contribution in [0.25, 0.3) is 0 Å². The van der Waals surface area contributed by atoms with E-state index in [9.17, 15) is 0 Å². The van der Waals surface area contributed by atoms with Crippen LogP contribution in [0, 0.1) is 0 Å². The smallest absolute Gasteiger partial charge is 0.115 e. The van der Waals surface area contributed by atoms with Gasteiger partial charge in [-0.15, -0.1) is 0 Å². The van der Waals surface area contributed by atoms with E-state index in [2.05, 4.69) is 3.53 Å². The molecular formula is C8H10INO2. The Labute approximate surface area is 84.9 Å². The third-order valence-corrected chi connectivity index (χ3v) is 2.36. The first-order chi connectivity index (χ1) is 5.77. The monoisotopic (exact) mass is 279 g/mol. The van der Waals surface area contributed by atoms with E-state index < -0.39 is 0 Å². The van der Waals surface area contributed by atoms with Crippen LogP contribution in [0.5, 0.6) is 5.75 Å². The maximum Gasteiger partial charge on any atom is 0.115 e. The highest BCUT2D eigenvalue weighted by Crippen LogP contribution is 2.16. The first kappa shape index (κ1) is 9.76. The first-order valence-corrected chi connectivity index (χ1v) is 4.61. The highest BCUT2D eigenvalue weighted by Gasteiger charge is 2.06. The van der Waals surface area contributed by atoms with Crippen molar-refractivity contribution in [2.75, 3.05) is 6.61 Å². The van der Waals surface area contributed by atoms with Gasteiger partial charge in [-0.3, -0.25) is 3.53 Å². The van der Waals surface area contributed by atoms with E-state index in [-0.39, 0.29) is 18.4 Å². The number of phenols is 1. The second-order valence-electron chi connectivity index (χ2n) is 2.44. The number of nitrogens with one attached hydrogen (secondary N) is 1. The summed E-state index contributed by atoms with van der Waals surface area (Å²) in [6.07, 6.45) is 0. The number of aliphatic hydroxyl groups excluding tert-OH is 1. The second kappa shape index (κ2) is 4.64. The molecule has 0 radical (unpaired) electrons. The summed E-state index contributed by atoms with van der Waals surface area (Å²) in [5.41, 5.74) is 0.963. The Hall–Kier alpha value is -0.330. The quantitative estimate of drug-likeness (QED) is 0.578. The maximum atomic E-state index is 9.00. The molecule has 0 aliphatic carbocycles. The van der Waals surface area contributed by atoms with Crippen LogP contribution in [0.1, 0.15) is 11.6 Å². The van der Waals surface area contributed by atoms with Gasteiger partial charge < -0.3 is 10.2 Å². The summed E-state index contributed by atoms with van der Waals surface area (Å²) >= 11 is 1.99. The fourth-order valence-corrected chi connectivity index (χ4v) is 1.47. The van der Waals surface area contributed by atoms with Crippen molar-refractivity contribution in [2.24, 2.45) is 0 Å². The van der Waals surface area contributed by atoms with Gasteiger partial charge in [0.25, 0.3) is 0 Å². The van der Waals surface area contributed by atoms with Gasteiger partial charge in [0.05, 0.1) is 12.6 Å². The fourth-order valence-electron chi connectivity index (χ4n) is 0.910. The predicted molar refractivity (Wildman–Crippen MR) is 55.1 cm³/mol. The van der Waals surface area contributed by atoms with Crippen molar-refractivity contribution in [3.05, 3.63) is 29.8 Å². The standard InChI is InChI=1S/C8H10INO2/c9-10-8(5-11)6-1-3-7(12)4-2-6/h1-4,8,10-12H,5H2. The van der Waals surface area contributed by atoms with E-state index in [4.69, 9.17) is 10.2 Å². The van der Waals surface area contributed by atoms with Crippen molar-refractivity contribution in [1.82, 2.24) is 3.53 Å². The van der Waals surface area contributed by atoms with Crippen molar-refractivity contribution in [2.45, 2.75) is 6.04 Å². The number of phenolic OH excluding ortho intramolecular Hbond substituents is 1. The van der Waals surface area contributed by atoms with E-state index in [0.29, 0.717) is 0 Å². The molecule has 4 heteroatoms. The highest BCUT2D eigenvalue weighted by molar-refractivity contribution is 14.1. The Morgan fingerprint density at radius 1 is 1.33 bits per heavy atom. The van der Waals surface area contributed by atoms with Crippen molar-refractivity contribution >= 4 is 22.9 Å². The Morgan fingerprint density at radius 2 is 1.92 bits per heavy atom. The number of aromatic hydroxyl groups is 1. The lowest BCUT2D eigenvalue weighted by molar-refractivity contribution is 0.263. The third kappa shape index (κ3) is 2.33. The van der Waals surface area contributed by atoms with Crippen LogP contribution in [0.15, 0.2) is 24.3 Å². The fraction of sp³-hybridized carbons (Fsp3) is 0.250. The topological polar surface area (TPSA) is 52.5 Å². The zero-order valence-electron chi connectivity index (χ0n) is 6.37. The van der Waals surface area contributed by atoms with Crippen LogP contribution >= 0.6 is 22.9 Å². The lowest BCUT2D eigenvalue weighted by Gasteiger charge is -2.11. The lowest BCUT2D eigenvalue weighted by atomic mass is 10.1. The molecule has 66 valence electrons. The lowest BCUT2D eigenvalue weighted by Crippen LogP contribution is -2.14. The number of hydrogen-bond acceptors (Lipinski definition) is 3. The summed E-state index contributed by atoms with van der Waals surface area (Å²) in [5, 5.41) is 17.9. The largest absolute Gasteiger partial charge is 0.508 e. The number of aliphatic hydroxyl groups is 1. The van der Waals surface area contributed by atoms with Gasteiger partial charge in [-0.25, -0.2) is 0 Å². The molecule has 1 rings (SSSR count).